The molecular weight excluding hydrogens is 403 g/mol. The summed E-state index contributed by atoms with van der Waals surface area (Å²) < 4.78 is 19.1. The number of benzene rings is 2. The average Bonchev–Trinajstić information content (AvgIpc) is 2.75. The van der Waals surface area contributed by atoms with Crippen molar-refractivity contribution in [3.05, 3.63) is 65.5 Å². The normalized spacial score (nSPS) is 11.6. The van der Waals surface area contributed by atoms with E-state index < -0.39 is 6.04 Å². The molecule has 5 nitrogen and oxygen atoms in total. The third-order valence-corrected chi connectivity index (χ3v) is 5.63. The molecule has 0 fully saturated rings. The second-order valence-corrected chi connectivity index (χ2v) is 7.76. The first kappa shape index (κ1) is 23.7. The minimum atomic E-state index is -0.572. The van der Waals surface area contributed by atoms with Crippen molar-refractivity contribution in [2.45, 2.75) is 38.6 Å². The van der Waals surface area contributed by atoms with Crippen LogP contribution >= 0.6 is 11.8 Å². The van der Waals surface area contributed by atoms with Gasteiger partial charge in [-0.3, -0.25) is 9.59 Å². The number of carbonyl (C=O) groups is 2. The van der Waals surface area contributed by atoms with Crippen LogP contribution in [-0.2, 0) is 21.9 Å². The maximum atomic E-state index is 13.8. The Balaban J connectivity index is 2.14. The van der Waals surface area contributed by atoms with Crippen molar-refractivity contribution in [3.8, 4) is 5.75 Å². The predicted octanol–water partition coefficient (Wildman–Crippen LogP) is 4.01. The fourth-order valence-electron chi connectivity index (χ4n) is 3.13. The van der Waals surface area contributed by atoms with Crippen LogP contribution in [0, 0.1) is 5.82 Å². The fraction of sp³-hybridized carbons (Fsp3) is 0.391. The second-order valence-electron chi connectivity index (χ2n) is 6.78. The van der Waals surface area contributed by atoms with E-state index in [1.54, 1.807) is 30.2 Å². The molecule has 0 aromatic heterocycles. The molecule has 0 saturated heterocycles. The minimum Gasteiger partial charge on any atom is -0.497 e. The van der Waals surface area contributed by atoms with Gasteiger partial charge in [0.25, 0.3) is 0 Å². The summed E-state index contributed by atoms with van der Waals surface area (Å²) in [4.78, 5) is 27.3. The van der Waals surface area contributed by atoms with Gasteiger partial charge < -0.3 is 15.0 Å². The molecule has 0 saturated carbocycles. The van der Waals surface area contributed by atoms with Gasteiger partial charge in [0.2, 0.25) is 11.8 Å². The Bertz CT molecular complexity index is 847. The predicted molar refractivity (Wildman–Crippen MR) is 119 cm³/mol. The minimum absolute atomic E-state index is 0.155. The first-order valence-corrected chi connectivity index (χ1v) is 11.2. The molecule has 2 amide bonds. The maximum absolute atomic E-state index is 13.8. The molecule has 1 N–H and O–H groups in total. The largest absolute Gasteiger partial charge is 0.497 e. The third kappa shape index (κ3) is 6.76. The van der Waals surface area contributed by atoms with Gasteiger partial charge in [0.1, 0.15) is 17.6 Å². The molecule has 2 rings (SSSR count). The molecular formula is C23H29FN2O3S. The number of amides is 2. The Hall–Kier alpha value is -2.54. The van der Waals surface area contributed by atoms with E-state index in [0.717, 1.165) is 5.56 Å². The van der Waals surface area contributed by atoms with E-state index in [4.69, 9.17) is 4.74 Å². The molecule has 0 aliphatic carbocycles. The van der Waals surface area contributed by atoms with Crippen LogP contribution in [0.2, 0.25) is 0 Å². The lowest BCUT2D eigenvalue weighted by molar-refractivity contribution is -0.139. The molecule has 2 aromatic carbocycles. The van der Waals surface area contributed by atoms with Crippen LogP contribution in [0.3, 0.4) is 0 Å². The number of hydrogen-bond acceptors (Lipinski definition) is 4. The Morgan fingerprint density at radius 1 is 1.17 bits per heavy atom. The van der Waals surface area contributed by atoms with Crippen LogP contribution in [-0.4, -0.2) is 42.2 Å². The van der Waals surface area contributed by atoms with E-state index >= 15 is 0 Å². The molecule has 0 heterocycles. The molecule has 2 aromatic rings. The van der Waals surface area contributed by atoms with Crippen molar-refractivity contribution in [1.82, 2.24) is 10.2 Å². The summed E-state index contributed by atoms with van der Waals surface area (Å²) in [7, 11) is 1.59. The summed E-state index contributed by atoms with van der Waals surface area (Å²) in [5, 5.41) is 2.82. The topological polar surface area (TPSA) is 58.6 Å². The zero-order valence-electron chi connectivity index (χ0n) is 17.7. The summed E-state index contributed by atoms with van der Waals surface area (Å²) in [5.74, 6) is 0.643. The van der Waals surface area contributed by atoms with E-state index in [1.165, 1.54) is 17.8 Å². The average molecular weight is 433 g/mol. The van der Waals surface area contributed by atoms with Crippen LogP contribution < -0.4 is 10.1 Å². The van der Waals surface area contributed by atoms with Crippen LogP contribution in [0.5, 0.6) is 5.75 Å². The molecule has 0 aliphatic rings. The number of halogens is 1. The van der Waals surface area contributed by atoms with Crippen molar-refractivity contribution < 1.29 is 18.7 Å². The van der Waals surface area contributed by atoms with Gasteiger partial charge in [0.05, 0.1) is 12.9 Å². The quantitative estimate of drug-likeness (QED) is 0.583. The molecule has 0 spiro atoms. The highest BCUT2D eigenvalue weighted by atomic mass is 32.2. The number of nitrogens with one attached hydrogen (secondary N) is 1. The first-order valence-electron chi connectivity index (χ1n) is 10.0. The van der Waals surface area contributed by atoms with E-state index in [2.05, 4.69) is 5.32 Å². The van der Waals surface area contributed by atoms with Gasteiger partial charge in [-0.1, -0.05) is 37.3 Å². The molecule has 0 unspecified atom stereocenters. The van der Waals surface area contributed by atoms with Gasteiger partial charge in [0.15, 0.2) is 0 Å². The van der Waals surface area contributed by atoms with Crippen molar-refractivity contribution >= 4 is 23.6 Å². The highest BCUT2D eigenvalue weighted by molar-refractivity contribution is 7.99. The summed E-state index contributed by atoms with van der Waals surface area (Å²) >= 11 is 1.34. The number of thioether (sulfide) groups is 1. The zero-order chi connectivity index (χ0) is 21.9. The second kappa shape index (κ2) is 12.2. The van der Waals surface area contributed by atoms with Gasteiger partial charge in [-0.2, -0.15) is 0 Å². The molecule has 162 valence electrons. The third-order valence-electron chi connectivity index (χ3n) is 4.66. The summed E-state index contributed by atoms with van der Waals surface area (Å²) in [6.45, 7) is 4.53. The number of nitrogens with zero attached hydrogens (tertiary/aromatic N) is 1. The highest BCUT2D eigenvalue weighted by Crippen LogP contribution is 2.20. The lowest BCUT2D eigenvalue weighted by Gasteiger charge is -2.30. The standard InChI is InChI=1S/C23H29FN2O3S/c1-4-21(23(28)25-5-2)26(14-17-9-8-11-19(13-17)29-3)22(27)16-30-15-18-10-6-7-12-20(18)24/h6-13,21H,4-5,14-16H2,1-3H3,(H,25,28)/t21-/m0/s1. The highest BCUT2D eigenvalue weighted by Gasteiger charge is 2.28. The van der Waals surface area contributed by atoms with E-state index in [1.807, 2.05) is 38.1 Å². The summed E-state index contributed by atoms with van der Waals surface area (Å²) in [6.07, 6.45) is 0.500. The van der Waals surface area contributed by atoms with E-state index in [9.17, 15) is 14.0 Å². The lowest BCUT2D eigenvalue weighted by Crippen LogP contribution is -2.49. The van der Waals surface area contributed by atoms with Crippen LogP contribution in [0.1, 0.15) is 31.4 Å². The maximum Gasteiger partial charge on any atom is 0.242 e. The molecule has 0 aliphatic heterocycles. The van der Waals surface area contributed by atoms with Gasteiger partial charge in [0, 0.05) is 18.8 Å². The first-order chi connectivity index (χ1) is 14.5. The Morgan fingerprint density at radius 3 is 2.60 bits per heavy atom. The number of likely N-dealkylation sites (N-methyl/N-ethyl adjacent to an activating group) is 1. The van der Waals surface area contributed by atoms with Crippen molar-refractivity contribution in [2.75, 3.05) is 19.4 Å². The number of ether oxygens (including phenoxy) is 1. The molecule has 0 bridgehead atoms. The van der Waals surface area contributed by atoms with Crippen LogP contribution in [0.4, 0.5) is 4.39 Å². The molecule has 7 heteroatoms. The van der Waals surface area contributed by atoms with Gasteiger partial charge in [-0.15, -0.1) is 11.8 Å². The van der Waals surface area contributed by atoms with Gasteiger partial charge in [-0.05, 0) is 42.7 Å². The molecule has 30 heavy (non-hydrogen) atoms. The zero-order valence-corrected chi connectivity index (χ0v) is 18.5. The smallest absolute Gasteiger partial charge is 0.242 e. The Morgan fingerprint density at radius 2 is 1.93 bits per heavy atom. The monoisotopic (exact) mass is 432 g/mol. The Kier molecular flexibility index (Phi) is 9.67. The number of hydrogen-bond donors (Lipinski definition) is 1. The number of rotatable bonds is 11. The number of methoxy groups -OCH3 is 1. The van der Waals surface area contributed by atoms with Gasteiger partial charge in [-0.25, -0.2) is 4.39 Å². The van der Waals surface area contributed by atoms with Crippen LogP contribution in [0.25, 0.3) is 0 Å². The molecule has 0 radical (unpaired) electrons. The van der Waals surface area contributed by atoms with Gasteiger partial charge >= 0.3 is 0 Å². The van der Waals surface area contributed by atoms with Crippen molar-refractivity contribution in [3.63, 3.8) is 0 Å². The Labute approximate surface area is 182 Å². The lowest BCUT2D eigenvalue weighted by atomic mass is 10.1. The SMILES string of the molecule is CCNC(=O)[C@H](CC)N(Cc1cccc(OC)c1)C(=O)CSCc1ccccc1F. The van der Waals surface area contributed by atoms with Crippen molar-refractivity contribution in [2.24, 2.45) is 0 Å². The van der Waals surface area contributed by atoms with Crippen molar-refractivity contribution in [1.29, 1.82) is 0 Å². The molecule has 1 atom stereocenters. The summed E-state index contributed by atoms with van der Waals surface area (Å²) in [5.41, 5.74) is 1.44. The summed E-state index contributed by atoms with van der Waals surface area (Å²) in [6, 6.07) is 13.4. The van der Waals surface area contributed by atoms with E-state index in [-0.39, 0.29) is 23.4 Å². The van der Waals surface area contributed by atoms with E-state index in [0.29, 0.717) is 36.6 Å². The fourth-order valence-corrected chi connectivity index (χ4v) is 4.02. The van der Waals surface area contributed by atoms with Crippen LogP contribution in [0.15, 0.2) is 48.5 Å². The number of carbonyl (C=O) groups excluding carboxylic acids is 2.